The Hall–Kier alpha value is -3.58. The maximum atomic E-state index is 13.9. The highest BCUT2D eigenvalue weighted by Gasteiger charge is 2.55. The second-order valence-corrected chi connectivity index (χ2v) is 10.2. The Morgan fingerprint density at radius 3 is 2.49 bits per heavy atom. The first kappa shape index (κ1) is 21.9. The molecule has 0 bridgehead atoms. The Kier molecular flexibility index (Phi) is 5.18. The van der Waals surface area contributed by atoms with E-state index in [9.17, 15) is 9.18 Å². The van der Waals surface area contributed by atoms with Crippen LogP contribution < -0.4 is 10.2 Å². The van der Waals surface area contributed by atoms with Gasteiger partial charge < -0.3 is 5.32 Å². The number of nitrogens with one attached hydrogen (secondary N) is 1. The second kappa shape index (κ2) is 8.27. The molecule has 6 rings (SSSR count). The van der Waals surface area contributed by atoms with E-state index < -0.39 is 5.41 Å². The summed E-state index contributed by atoms with van der Waals surface area (Å²) in [6, 6.07) is 20.0. The number of hydrogen-bond donors (Lipinski definition) is 1. The van der Waals surface area contributed by atoms with Crippen molar-refractivity contribution < 1.29 is 9.18 Å². The lowest BCUT2D eigenvalue weighted by Crippen LogP contribution is -2.44. The number of hydrogen-bond acceptors (Lipinski definition) is 4. The van der Waals surface area contributed by atoms with E-state index in [1.54, 1.807) is 23.0 Å². The van der Waals surface area contributed by atoms with Crippen LogP contribution in [0.15, 0.2) is 72.9 Å². The van der Waals surface area contributed by atoms with Crippen LogP contribution in [0, 0.1) is 17.2 Å². The first-order chi connectivity index (χ1) is 16.9. The molecule has 1 amide bonds. The number of carbonyl (C=O) groups is 1. The fourth-order valence-corrected chi connectivity index (χ4v) is 5.16. The van der Waals surface area contributed by atoms with Crippen LogP contribution in [0.4, 0.5) is 10.2 Å². The lowest BCUT2D eigenvalue weighted by Gasteiger charge is -2.30. The Labute approximate surface area is 203 Å². The number of halogens is 1. The van der Waals surface area contributed by atoms with E-state index >= 15 is 0 Å². The third-order valence-electron chi connectivity index (χ3n) is 7.34. The fraction of sp³-hybridized carbons (Fsp3) is 0.321. The third kappa shape index (κ3) is 3.80. The summed E-state index contributed by atoms with van der Waals surface area (Å²) in [5, 5.41) is 8.22. The summed E-state index contributed by atoms with van der Waals surface area (Å²) in [7, 11) is 0. The Morgan fingerprint density at radius 1 is 1.03 bits per heavy atom. The van der Waals surface area contributed by atoms with Gasteiger partial charge in [-0.3, -0.25) is 9.69 Å². The van der Waals surface area contributed by atoms with E-state index in [4.69, 9.17) is 4.98 Å². The molecule has 4 aromatic rings. The molecule has 2 atom stereocenters. The summed E-state index contributed by atoms with van der Waals surface area (Å²) in [6.45, 7) is 4.98. The number of fused-ring (bicyclic) bond motifs is 1. The van der Waals surface area contributed by atoms with Gasteiger partial charge in [0.05, 0.1) is 28.9 Å². The average molecular weight is 470 g/mol. The van der Waals surface area contributed by atoms with Gasteiger partial charge in [0.2, 0.25) is 5.91 Å². The van der Waals surface area contributed by atoms with E-state index in [-0.39, 0.29) is 23.8 Å². The summed E-state index contributed by atoms with van der Waals surface area (Å²) in [5.74, 6) is 1.08. The number of benzene rings is 2. The molecule has 0 radical (unpaired) electrons. The van der Waals surface area contributed by atoms with E-state index in [0.29, 0.717) is 17.3 Å². The number of rotatable bonds is 6. The zero-order valence-electron chi connectivity index (χ0n) is 19.9. The van der Waals surface area contributed by atoms with Crippen molar-refractivity contribution >= 4 is 22.8 Å². The summed E-state index contributed by atoms with van der Waals surface area (Å²) in [6.07, 6.45) is 4.20. The Bertz CT molecular complexity index is 1380. The third-order valence-corrected chi connectivity index (χ3v) is 7.34. The topological polar surface area (TPSA) is 63.1 Å². The summed E-state index contributed by atoms with van der Waals surface area (Å²) < 4.78 is 15.1. The summed E-state index contributed by atoms with van der Waals surface area (Å²) in [4.78, 5) is 20.6. The monoisotopic (exact) mass is 469 g/mol. The van der Waals surface area contributed by atoms with E-state index in [0.717, 1.165) is 23.3 Å². The summed E-state index contributed by atoms with van der Waals surface area (Å²) in [5.41, 5.74) is 2.72. The van der Waals surface area contributed by atoms with E-state index in [1.807, 2.05) is 49.1 Å². The normalized spacial score (nSPS) is 21.7. The quantitative estimate of drug-likeness (QED) is 0.430. The molecule has 2 aromatic carbocycles. The van der Waals surface area contributed by atoms with Gasteiger partial charge in [0, 0.05) is 6.04 Å². The van der Waals surface area contributed by atoms with Crippen molar-refractivity contribution in [3.63, 3.8) is 0 Å². The van der Waals surface area contributed by atoms with Crippen LogP contribution in [0.2, 0.25) is 0 Å². The fourth-order valence-electron chi connectivity index (χ4n) is 5.16. The van der Waals surface area contributed by atoms with Gasteiger partial charge >= 0.3 is 0 Å². The minimum atomic E-state index is -0.593. The van der Waals surface area contributed by atoms with Crippen molar-refractivity contribution in [3.8, 4) is 5.69 Å². The van der Waals surface area contributed by atoms with Crippen molar-refractivity contribution in [2.45, 2.75) is 38.8 Å². The second-order valence-electron chi connectivity index (χ2n) is 10.2. The van der Waals surface area contributed by atoms with Crippen LogP contribution in [0.5, 0.6) is 0 Å². The molecule has 1 aliphatic carbocycles. The number of anilines is 1. The van der Waals surface area contributed by atoms with Gasteiger partial charge in [-0.25, -0.2) is 14.1 Å². The standard InChI is InChI=1S/C28H28FN5O/c1-28(2)26(30-16-18-8-9-18)25(19-6-4-3-5-7-19)33(27(28)35)24-15-14-23-22(32-24)17-31-34(23)21-12-10-20(29)11-13-21/h3-7,10-15,17-18,25-26,30H,8-9,16H2,1-2H3/t25-,26?/m1/s1. The molecular weight excluding hydrogens is 441 g/mol. The highest BCUT2D eigenvalue weighted by atomic mass is 19.1. The Balaban J connectivity index is 1.42. The van der Waals surface area contributed by atoms with Crippen LogP contribution >= 0.6 is 0 Å². The molecule has 2 fully saturated rings. The van der Waals surface area contributed by atoms with Crippen molar-refractivity contribution in [3.05, 3.63) is 84.3 Å². The van der Waals surface area contributed by atoms with Gasteiger partial charge in [-0.1, -0.05) is 30.3 Å². The largest absolute Gasteiger partial charge is 0.310 e. The molecule has 35 heavy (non-hydrogen) atoms. The smallest absolute Gasteiger partial charge is 0.236 e. The van der Waals surface area contributed by atoms with Gasteiger partial charge in [0.15, 0.2) is 0 Å². The molecule has 178 valence electrons. The van der Waals surface area contributed by atoms with Crippen molar-refractivity contribution in [2.24, 2.45) is 11.3 Å². The molecule has 2 aromatic heterocycles. The average Bonchev–Trinajstić information content (AvgIpc) is 3.56. The zero-order valence-corrected chi connectivity index (χ0v) is 19.9. The molecule has 1 N–H and O–H groups in total. The maximum absolute atomic E-state index is 13.9. The van der Waals surface area contributed by atoms with Crippen LogP contribution in [-0.2, 0) is 4.79 Å². The number of nitrogens with zero attached hydrogens (tertiary/aromatic N) is 4. The van der Waals surface area contributed by atoms with Crippen molar-refractivity contribution in [1.29, 1.82) is 0 Å². The van der Waals surface area contributed by atoms with Gasteiger partial charge in [-0.15, -0.1) is 0 Å². The molecule has 2 aliphatic rings. The van der Waals surface area contributed by atoms with Crippen LogP contribution in [0.1, 0.15) is 38.3 Å². The minimum absolute atomic E-state index is 0.0440. The van der Waals surface area contributed by atoms with E-state index in [2.05, 4.69) is 22.5 Å². The van der Waals surface area contributed by atoms with E-state index in [1.165, 1.54) is 25.0 Å². The van der Waals surface area contributed by atoms with Gasteiger partial charge in [-0.05, 0) is 81.1 Å². The van der Waals surface area contributed by atoms with Crippen molar-refractivity contribution in [1.82, 2.24) is 20.1 Å². The molecule has 3 heterocycles. The van der Waals surface area contributed by atoms with Crippen molar-refractivity contribution in [2.75, 3.05) is 11.4 Å². The predicted molar refractivity (Wildman–Crippen MR) is 134 cm³/mol. The number of carbonyl (C=O) groups excluding carboxylic acids is 1. The maximum Gasteiger partial charge on any atom is 0.236 e. The summed E-state index contributed by atoms with van der Waals surface area (Å²) >= 11 is 0. The van der Waals surface area contributed by atoms with Crippen LogP contribution in [0.25, 0.3) is 16.7 Å². The molecule has 1 unspecified atom stereocenters. The lowest BCUT2D eigenvalue weighted by molar-refractivity contribution is -0.124. The Morgan fingerprint density at radius 2 is 1.77 bits per heavy atom. The molecule has 1 saturated carbocycles. The first-order valence-corrected chi connectivity index (χ1v) is 12.2. The van der Waals surface area contributed by atoms with Gasteiger partial charge in [0.25, 0.3) is 0 Å². The molecule has 1 aliphatic heterocycles. The lowest BCUT2D eigenvalue weighted by atomic mass is 9.82. The van der Waals surface area contributed by atoms with Gasteiger partial charge in [-0.2, -0.15) is 5.10 Å². The first-order valence-electron chi connectivity index (χ1n) is 12.2. The minimum Gasteiger partial charge on any atom is -0.310 e. The molecule has 1 saturated heterocycles. The number of pyridine rings is 1. The van der Waals surface area contributed by atoms with Crippen LogP contribution in [0.3, 0.4) is 0 Å². The zero-order chi connectivity index (χ0) is 24.2. The van der Waals surface area contributed by atoms with Gasteiger partial charge in [0.1, 0.15) is 17.2 Å². The molecule has 6 nitrogen and oxygen atoms in total. The SMILES string of the molecule is CC1(C)C(=O)N(c2ccc3c(cnn3-c3ccc(F)cc3)n2)[C@H](c2ccccc2)C1NCC1CC1. The predicted octanol–water partition coefficient (Wildman–Crippen LogP) is 5.04. The molecular formula is C28H28FN5O. The highest BCUT2D eigenvalue weighted by Crippen LogP contribution is 2.46. The number of aromatic nitrogens is 3. The molecule has 7 heteroatoms. The molecule has 0 spiro atoms. The number of amides is 1. The highest BCUT2D eigenvalue weighted by molar-refractivity contribution is 6.01. The van der Waals surface area contributed by atoms with Crippen LogP contribution in [-0.4, -0.2) is 33.3 Å².